The van der Waals surface area contributed by atoms with Crippen molar-refractivity contribution >= 4 is 17.1 Å². The zero-order valence-electron chi connectivity index (χ0n) is 39.1. The molecule has 8 rings (SSSR count). The van der Waals surface area contributed by atoms with Crippen LogP contribution in [0.3, 0.4) is 0 Å². The van der Waals surface area contributed by atoms with Crippen molar-refractivity contribution in [2.45, 2.75) is 162 Å². The molecular weight excluding hydrogens is 747 g/mol. The molecule has 0 amide bonds. The van der Waals surface area contributed by atoms with Crippen LogP contribution in [-0.4, -0.2) is 0 Å². The minimum atomic E-state index is -0.0902. The number of aryl methyl sites for hydroxylation is 4. The fourth-order valence-electron chi connectivity index (χ4n) is 10.6. The van der Waals surface area contributed by atoms with Crippen molar-refractivity contribution in [1.29, 1.82) is 0 Å². The number of anilines is 3. The number of rotatable bonds is 18. The summed E-state index contributed by atoms with van der Waals surface area (Å²) in [6, 6.07) is 48.7. The third-order valence-corrected chi connectivity index (χ3v) is 14.3. The summed E-state index contributed by atoms with van der Waals surface area (Å²) >= 11 is 0. The normalized spacial score (nSPS) is 14.5. The first-order valence-corrected chi connectivity index (χ1v) is 24.9. The van der Waals surface area contributed by atoms with Gasteiger partial charge in [0, 0.05) is 22.5 Å². The summed E-state index contributed by atoms with van der Waals surface area (Å²) in [7, 11) is 0. The Hall–Kier alpha value is -4.88. The highest BCUT2D eigenvalue weighted by molar-refractivity contribution is 5.88. The monoisotopic (exact) mass is 820 g/mol. The van der Waals surface area contributed by atoms with E-state index in [9.17, 15) is 0 Å². The average Bonchev–Trinajstić information content (AvgIpc) is 3.54. The average molecular weight is 820 g/mol. The van der Waals surface area contributed by atoms with Crippen LogP contribution in [0.2, 0.25) is 0 Å². The van der Waals surface area contributed by atoms with E-state index in [2.05, 4.69) is 168 Å². The largest absolute Gasteiger partial charge is 0.310 e. The van der Waals surface area contributed by atoms with Crippen LogP contribution in [0, 0.1) is 0 Å². The van der Waals surface area contributed by atoms with Crippen molar-refractivity contribution in [2.75, 3.05) is 4.90 Å². The van der Waals surface area contributed by atoms with Crippen molar-refractivity contribution in [1.82, 2.24) is 0 Å². The van der Waals surface area contributed by atoms with Crippen LogP contribution in [0.1, 0.15) is 170 Å². The fourth-order valence-corrected chi connectivity index (χ4v) is 10.6. The molecule has 1 saturated carbocycles. The number of unbranched alkanes of at least 4 members (excludes halogenated alkanes) is 4. The minimum Gasteiger partial charge on any atom is -0.310 e. The molecule has 0 radical (unpaired) electrons. The molecular formula is C61H73N. The molecule has 6 aromatic carbocycles. The summed E-state index contributed by atoms with van der Waals surface area (Å²) < 4.78 is 0. The highest BCUT2D eigenvalue weighted by Crippen LogP contribution is 2.51. The maximum absolute atomic E-state index is 2.58. The molecule has 0 aromatic heterocycles. The molecule has 2 aliphatic rings. The van der Waals surface area contributed by atoms with Gasteiger partial charge in [-0.15, -0.1) is 0 Å². The smallest absolute Gasteiger partial charge is 0.0473 e. The standard InChI is InChI=1S/C61H73N/c1-7-11-20-44-34-45(21-12-8-2)37-50(36-44)52-40-53(51-38-46(22-13-9-3)35-47(39-51)23-14-10-4)42-56(41-52)62(54-30-28-49(29-31-54)48-24-16-15-17-25-48)55-32-33-58-57-26-18-19-27-59(57)61(5,6)60(58)43-55/h18-19,26-43,48H,7-17,20-25H2,1-6H3. The van der Waals surface area contributed by atoms with Gasteiger partial charge in [0.15, 0.2) is 0 Å². The Morgan fingerprint density at radius 1 is 0.435 bits per heavy atom. The van der Waals surface area contributed by atoms with Gasteiger partial charge < -0.3 is 4.90 Å². The molecule has 1 nitrogen and oxygen atoms in total. The van der Waals surface area contributed by atoms with E-state index in [-0.39, 0.29) is 5.41 Å². The van der Waals surface area contributed by atoms with E-state index in [1.165, 1.54) is 173 Å². The van der Waals surface area contributed by atoms with Crippen molar-refractivity contribution in [3.05, 3.63) is 160 Å². The molecule has 2 aliphatic carbocycles. The van der Waals surface area contributed by atoms with Gasteiger partial charge in [-0.2, -0.15) is 0 Å². The topological polar surface area (TPSA) is 3.24 Å². The summed E-state index contributed by atoms with van der Waals surface area (Å²) in [5.41, 5.74) is 21.8. The number of fused-ring (bicyclic) bond motifs is 3. The van der Waals surface area contributed by atoms with Crippen molar-refractivity contribution < 1.29 is 0 Å². The van der Waals surface area contributed by atoms with Gasteiger partial charge in [0.1, 0.15) is 0 Å². The van der Waals surface area contributed by atoms with Crippen LogP contribution < -0.4 is 4.90 Å². The first-order valence-electron chi connectivity index (χ1n) is 24.9. The molecule has 0 atom stereocenters. The van der Waals surface area contributed by atoms with Gasteiger partial charge in [-0.3, -0.25) is 0 Å². The summed E-state index contributed by atoms with van der Waals surface area (Å²) in [4.78, 5) is 2.58. The van der Waals surface area contributed by atoms with Crippen molar-refractivity contribution in [2.24, 2.45) is 0 Å². The Balaban J connectivity index is 1.35. The number of hydrogen-bond donors (Lipinski definition) is 0. The second-order valence-electron chi connectivity index (χ2n) is 19.4. The molecule has 0 aliphatic heterocycles. The van der Waals surface area contributed by atoms with Crippen LogP contribution in [0.4, 0.5) is 17.1 Å². The molecule has 1 fully saturated rings. The third-order valence-electron chi connectivity index (χ3n) is 14.3. The van der Waals surface area contributed by atoms with Gasteiger partial charge in [-0.1, -0.05) is 165 Å². The van der Waals surface area contributed by atoms with Gasteiger partial charge in [0.2, 0.25) is 0 Å². The van der Waals surface area contributed by atoms with Gasteiger partial charge in [0.25, 0.3) is 0 Å². The molecule has 0 unspecified atom stereocenters. The lowest BCUT2D eigenvalue weighted by molar-refractivity contribution is 0.443. The molecule has 0 spiro atoms. The van der Waals surface area contributed by atoms with E-state index in [1.54, 1.807) is 0 Å². The summed E-state index contributed by atoms with van der Waals surface area (Å²) in [6.45, 7) is 14.1. The lowest BCUT2D eigenvalue weighted by Gasteiger charge is -2.30. The van der Waals surface area contributed by atoms with E-state index in [0.29, 0.717) is 5.92 Å². The molecule has 0 N–H and O–H groups in total. The van der Waals surface area contributed by atoms with Gasteiger partial charge >= 0.3 is 0 Å². The van der Waals surface area contributed by atoms with Crippen molar-refractivity contribution in [3.8, 4) is 33.4 Å². The number of hydrogen-bond acceptors (Lipinski definition) is 1. The van der Waals surface area contributed by atoms with E-state index in [4.69, 9.17) is 0 Å². The summed E-state index contributed by atoms with van der Waals surface area (Å²) in [5.74, 6) is 0.671. The predicted octanol–water partition coefficient (Wildman–Crippen LogP) is 18.2. The molecule has 0 bridgehead atoms. The highest BCUT2D eigenvalue weighted by atomic mass is 15.1. The second-order valence-corrected chi connectivity index (χ2v) is 19.4. The quantitative estimate of drug-likeness (QED) is 0.0835. The van der Waals surface area contributed by atoms with Crippen LogP contribution >= 0.6 is 0 Å². The van der Waals surface area contributed by atoms with Crippen LogP contribution in [0.5, 0.6) is 0 Å². The SMILES string of the molecule is CCCCc1cc(CCCC)cc(-c2cc(-c3cc(CCCC)cc(CCCC)c3)cc(N(c3ccc(C4CCCCC4)cc3)c3ccc4c(c3)C(C)(C)c3ccccc3-4)c2)c1. The molecule has 6 aromatic rings. The van der Waals surface area contributed by atoms with E-state index in [1.807, 2.05) is 0 Å². The highest BCUT2D eigenvalue weighted by Gasteiger charge is 2.36. The Bertz CT molecular complexity index is 2290. The second kappa shape index (κ2) is 20.1. The maximum atomic E-state index is 2.58. The predicted molar refractivity (Wildman–Crippen MR) is 270 cm³/mol. The lowest BCUT2D eigenvalue weighted by Crippen LogP contribution is -2.16. The van der Waals surface area contributed by atoms with E-state index in [0.717, 1.165) is 25.7 Å². The molecule has 0 saturated heterocycles. The zero-order chi connectivity index (χ0) is 43.1. The van der Waals surface area contributed by atoms with E-state index < -0.39 is 0 Å². The summed E-state index contributed by atoms with van der Waals surface area (Å²) in [6.07, 6.45) is 20.9. The first kappa shape index (κ1) is 43.8. The maximum Gasteiger partial charge on any atom is 0.0473 e. The fraction of sp³-hybridized carbons (Fsp3) is 0.410. The van der Waals surface area contributed by atoms with Gasteiger partial charge in [-0.05, 0) is 185 Å². The van der Waals surface area contributed by atoms with E-state index >= 15 is 0 Å². The molecule has 0 heterocycles. The minimum absolute atomic E-state index is 0.0902. The molecule has 62 heavy (non-hydrogen) atoms. The number of nitrogens with zero attached hydrogens (tertiary/aromatic N) is 1. The third kappa shape index (κ3) is 9.68. The lowest BCUT2D eigenvalue weighted by atomic mass is 9.82. The van der Waals surface area contributed by atoms with Gasteiger partial charge in [0.05, 0.1) is 0 Å². The summed E-state index contributed by atoms with van der Waals surface area (Å²) in [5, 5.41) is 0. The van der Waals surface area contributed by atoms with Crippen LogP contribution in [0.15, 0.2) is 121 Å². The zero-order valence-corrected chi connectivity index (χ0v) is 39.1. The van der Waals surface area contributed by atoms with Crippen LogP contribution in [-0.2, 0) is 31.1 Å². The Morgan fingerprint density at radius 3 is 1.42 bits per heavy atom. The Morgan fingerprint density at radius 2 is 0.903 bits per heavy atom. The Labute approximate surface area is 376 Å². The van der Waals surface area contributed by atoms with Gasteiger partial charge in [-0.25, -0.2) is 0 Å². The number of benzene rings is 6. The first-order chi connectivity index (χ1) is 30.3. The Kier molecular flexibility index (Phi) is 14.2. The molecule has 1 heteroatoms. The molecule has 322 valence electrons. The van der Waals surface area contributed by atoms with Crippen LogP contribution in [0.25, 0.3) is 33.4 Å². The van der Waals surface area contributed by atoms with Crippen molar-refractivity contribution in [3.63, 3.8) is 0 Å².